The lowest BCUT2D eigenvalue weighted by atomic mass is 10.2. The third-order valence-corrected chi connectivity index (χ3v) is 4.65. The van der Waals surface area contributed by atoms with Crippen molar-refractivity contribution in [2.24, 2.45) is 0 Å². The number of nitrogens with one attached hydrogen (secondary N) is 2. The summed E-state index contributed by atoms with van der Waals surface area (Å²) in [7, 11) is 0. The van der Waals surface area contributed by atoms with E-state index in [2.05, 4.69) is 43.5 Å². The van der Waals surface area contributed by atoms with Gasteiger partial charge in [0.05, 0.1) is 18.4 Å². The van der Waals surface area contributed by atoms with Crippen molar-refractivity contribution in [3.63, 3.8) is 0 Å². The van der Waals surface area contributed by atoms with E-state index < -0.39 is 0 Å². The molecule has 1 saturated heterocycles. The zero-order valence-corrected chi connectivity index (χ0v) is 15.9. The number of fused-ring (bicyclic) bond motifs is 1. The van der Waals surface area contributed by atoms with E-state index in [1.807, 2.05) is 18.2 Å². The van der Waals surface area contributed by atoms with Gasteiger partial charge in [-0.3, -0.25) is 4.79 Å². The standard InChI is InChI=1S/C21H22N6O2/c28-13-2-1-4-16-15-23-27-10-7-19(25-20(16)27)21(29)24-17-5-3-6-18(14-17)26-11-8-22-9-12-26/h3,5-7,10,14-15,22,28H,2,8-9,11-13H2,(H,24,29). The number of piperazine rings is 1. The number of aromatic nitrogens is 3. The molecule has 1 aromatic carbocycles. The van der Waals surface area contributed by atoms with Crippen LogP contribution in [0, 0.1) is 11.8 Å². The first-order valence-corrected chi connectivity index (χ1v) is 9.56. The molecule has 0 unspecified atom stereocenters. The Morgan fingerprint density at radius 2 is 2.14 bits per heavy atom. The molecule has 0 aliphatic carbocycles. The Labute approximate surface area is 168 Å². The van der Waals surface area contributed by atoms with Crippen LogP contribution in [0.3, 0.4) is 0 Å². The summed E-state index contributed by atoms with van der Waals surface area (Å²) in [5, 5.41) is 19.3. The van der Waals surface area contributed by atoms with Crippen molar-refractivity contribution in [2.45, 2.75) is 6.42 Å². The number of rotatable bonds is 4. The minimum Gasteiger partial charge on any atom is -0.395 e. The van der Waals surface area contributed by atoms with Gasteiger partial charge in [-0.05, 0) is 24.3 Å². The molecule has 2 aromatic heterocycles. The number of nitrogens with zero attached hydrogens (tertiary/aromatic N) is 4. The molecule has 1 fully saturated rings. The molecular formula is C21H22N6O2. The lowest BCUT2D eigenvalue weighted by Gasteiger charge is -2.29. The Morgan fingerprint density at radius 1 is 1.28 bits per heavy atom. The second-order valence-electron chi connectivity index (χ2n) is 6.66. The van der Waals surface area contributed by atoms with Gasteiger partial charge in [0.1, 0.15) is 5.69 Å². The number of aliphatic hydroxyl groups excluding tert-OH is 1. The largest absolute Gasteiger partial charge is 0.395 e. The van der Waals surface area contributed by atoms with Crippen LogP contribution in [-0.4, -0.2) is 58.4 Å². The van der Waals surface area contributed by atoms with E-state index >= 15 is 0 Å². The maximum atomic E-state index is 12.7. The summed E-state index contributed by atoms with van der Waals surface area (Å²) in [6.07, 6.45) is 3.66. The van der Waals surface area contributed by atoms with Crippen LogP contribution in [0.15, 0.2) is 42.7 Å². The van der Waals surface area contributed by atoms with Crippen LogP contribution in [0.4, 0.5) is 11.4 Å². The number of hydrogen-bond donors (Lipinski definition) is 3. The number of amides is 1. The van der Waals surface area contributed by atoms with Gasteiger partial charge >= 0.3 is 0 Å². The molecule has 8 heteroatoms. The van der Waals surface area contributed by atoms with Crippen LogP contribution in [0.25, 0.3) is 5.65 Å². The van der Waals surface area contributed by atoms with Crippen LogP contribution in [0.1, 0.15) is 22.5 Å². The molecule has 1 amide bonds. The van der Waals surface area contributed by atoms with E-state index in [4.69, 9.17) is 5.11 Å². The van der Waals surface area contributed by atoms with Crippen LogP contribution < -0.4 is 15.5 Å². The number of carbonyl (C=O) groups excluding carboxylic acids is 1. The van der Waals surface area contributed by atoms with E-state index in [1.165, 1.54) is 0 Å². The average Bonchev–Trinajstić information content (AvgIpc) is 3.17. The van der Waals surface area contributed by atoms with E-state index in [-0.39, 0.29) is 18.2 Å². The third kappa shape index (κ3) is 4.37. The van der Waals surface area contributed by atoms with Gasteiger partial charge in [-0.1, -0.05) is 17.9 Å². The van der Waals surface area contributed by atoms with Crippen LogP contribution in [0.5, 0.6) is 0 Å². The monoisotopic (exact) mass is 390 g/mol. The van der Waals surface area contributed by atoms with Gasteiger partial charge in [0, 0.05) is 50.2 Å². The van der Waals surface area contributed by atoms with Crippen molar-refractivity contribution < 1.29 is 9.90 Å². The Bertz CT molecular complexity index is 1080. The first-order valence-electron chi connectivity index (χ1n) is 9.56. The van der Waals surface area contributed by atoms with Crippen molar-refractivity contribution in [3.8, 4) is 11.8 Å². The molecule has 0 spiro atoms. The molecule has 1 aliphatic heterocycles. The summed E-state index contributed by atoms with van der Waals surface area (Å²) >= 11 is 0. The molecule has 3 N–H and O–H groups in total. The number of hydrogen-bond acceptors (Lipinski definition) is 6. The molecule has 29 heavy (non-hydrogen) atoms. The molecule has 3 heterocycles. The van der Waals surface area contributed by atoms with Crippen molar-refractivity contribution in [1.82, 2.24) is 19.9 Å². The molecule has 8 nitrogen and oxygen atoms in total. The topological polar surface area (TPSA) is 94.8 Å². The second-order valence-corrected chi connectivity index (χ2v) is 6.66. The van der Waals surface area contributed by atoms with Gasteiger partial charge in [-0.2, -0.15) is 5.10 Å². The molecule has 0 atom stereocenters. The van der Waals surface area contributed by atoms with E-state index in [0.717, 1.165) is 37.6 Å². The lowest BCUT2D eigenvalue weighted by Crippen LogP contribution is -2.43. The number of aliphatic hydroxyl groups is 1. The zero-order chi connectivity index (χ0) is 20.1. The van der Waals surface area contributed by atoms with Gasteiger partial charge in [-0.15, -0.1) is 0 Å². The first-order chi connectivity index (χ1) is 14.2. The van der Waals surface area contributed by atoms with Crippen molar-refractivity contribution in [3.05, 3.63) is 54.0 Å². The highest BCUT2D eigenvalue weighted by molar-refractivity contribution is 6.03. The van der Waals surface area contributed by atoms with Crippen molar-refractivity contribution in [1.29, 1.82) is 0 Å². The van der Waals surface area contributed by atoms with Gasteiger partial charge in [0.25, 0.3) is 5.91 Å². The summed E-state index contributed by atoms with van der Waals surface area (Å²) in [4.78, 5) is 19.5. The lowest BCUT2D eigenvalue weighted by molar-refractivity contribution is 0.102. The Hall–Kier alpha value is -3.41. The molecule has 0 bridgehead atoms. The third-order valence-electron chi connectivity index (χ3n) is 4.65. The normalized spacial score (nSPS) is 13.8. The fourth-order valence-electron chi connectivity index (χ4n) is 3.20. The molecule has 1 aliphatic rings. The highest BCUT2D eigenvalue weighted by Crippen LogP contribution is 2.20. The predicted molar refractivity (Wildman–Crippen MR) is 111 cm³/mol. The first kappa shape index (κ1) is 18.9. The van der Waals surface area contributed by atoms with Crippen molar-refractivity contribution >= 4 is 22.9 Å². The summed E-state index contributed by atoms with van der Waals surface area (Å²) in [6.45, 7) is 3.79. The molecule has 0 saturated carbocycles. The quantitative estimate of drug-likeness (QED) is 0.578. The maximum Gasteiger partial charge on any atom is 0.274 e. The SMILES string of the molecule is O=C(Nc1cccc(N2CCNCC2)c1)c1ccn2ncc(C#CCCO)c2n1. The Kier molecular flexibility index (Phi) is 5.70. The molecular weight excluding hydrogens is 368 g/mol. The highest BCUT2D eigenvalue weighted by atomic mass is 16.2. The second kappa shape index (κ2) is 8.73. The van der Waals surface area contributed by atoms with E-state index in [9.17, 15) is 4.79 Å². The van der Waals surface area contributed by atoms with Crippen LogP contribution >= 0.6 is 0 Å². The fraction of sp³-hybridized carbons (Fsp3) is 0.286. The highest BCUT2D eigenvalue weighted by Gasteiger charge is 2.14. The fourth-order valence-corrected chi connectivity index (χ4v) is 3.20. The van der Waals surface area contributed by atoms with Crippen LogP contribution in [0.2, 0.25) is 0 Å². The minimum atomic E-state index is -0.291. The number of anilines is 2. The summed E-state index contributed by atoms with van der Waals surface area (Å²) < 4.78 is 1.57. The summed E-state index contributed by atoms with van der Waals surface area (Å²) in [5.41, 5.74) is 3.23. The summed E-state index contributed by atoms with van der Waals surface area (Å²) in [5.74, 6) is 5.49. The summed E-state index contributed by atoms with van der Waals surface area (Å²) in [6, 6.07) is 9.46. The minimum absolute atomic E-state index is 0.000299. The molecule has 4 rings (SSSR count). The van der Waals surface area contributed by atoms with Gasteiger partial charge in [-0.25, -0.2) is 9.50 Å². The van der Waals surface area contributed by atoms with Gasteiger partial charge in [0.15, 0.2) is 5.65 Å². The van der Waals surface area contributed by atoms with Gasteiger partial charge < -0.3 is 20.6 Å². The van der Waals surface area contributed by atoms with E-state index in [0.29, 0.717) is 17.6 Å². The number of benzene rings is 1. The van der Waals surface area contributed by atoms with Crippen molar-refractivity contribution in [2.75, 3.05) is 43.0 Å². The average molecular weight is 390 g/mol. The number of carbonyl (C=O) groups is 1. The van der Waals surface area contributed by atoms with Crippen LogP contribution in [-0.2, 0) is 0 Å². The van der Waals surface area contributed by atoms with E-state index in [1.54, 1.807) is 23.0 Å². The zero-order valence-electron chi connectivity index (χ0n) is 15.9. The molecule has 3 aromatic rings. The molecule has 0 radical (unpaired) electrons. The Balaban J connectivity index is 1.53. The van der Waals surface area contributed by atoms with Gasteiger partial charge in [0.2, 0.25) is 0 Å². The maximum absolute atomic E-state index is 12.7. The molecule has 148 valence electrons. The predicted octanol–water partition coefficient (Wildman–Crippen LogP) is 1.13. The Morgan fingerprint density at radius 3 is 2.97 bits per heavy atom. The smallest absolute Gasteiger partial charge is 0.274 e.